The second-order valence-corrected chi connectivity index (χ2v) is 6.06. The van der Waals surface area contributed by atoms with Gasteiger partial charge in [0.2, 0.25) is 0 Å². The molecule has 1 N–H and O–H groups in total. The Labute approximate surface area is 84.3 Å². The van der Waals surface area contributed by atoms with Crippen molar-refractivity contribution in [3.8, 4) is 0 Å². The Bertz CT molecular complexity index is 285. The Morgan fingerprint density at radius 3 is 2.57 bits per heavy atom. The highest BCUT2D eigenvalue weighted by atomic mass is 32.2. The summed E-state index contributed by atoms with van der Waals surface area (Å²) in [6.07, 6.45) is 0.736. The van der Waals surface area contributed by atoms with Gasteiger partial charge in [0.1, 0.15) is 0 Å². The lowest BCUT2D eigenvalue weighted by atomic mass is 10.3. The molecule has 0 spiro atoms. The third-order valence-corrected chi connectivity index (χ3v) is 4.38. The van der Waals surface area contributed by atoms with Crippen LogP contribution in [-0.4, -0.2) is 57.3 Å². The van der Waals surface area contributed by atoms with E-state index in [9.17, 15) is 8.42 Å². The summed E-state index contributed by atoms with van der Waals surface area (Å²) in [5.41, 5.74) is 3.25. The Hall–Kier alpha value is -0.170. The van der Waals surface area contributed by atoms with Crippen molar-refractivity contribution in [1.29, 1.82) is 0 Å². The van der Waals surface area contributed by atoms with E-state index in [0.29, 0.717) is 5.75 Å². The lowest BCUT2D eigenvalue weighted by Gasteiger charge is -2.29. The molecule has 0 aliphatic carbocycles. The summed E-state index contributed by atoms with van der Waals surface area (Å²) >= 11 is 0. The zero-order valence-electron chi connectivity index (χ0n) is 8.11. The molecule has 0 aromatic rings. The molecule has 2 aliphatic rings. The molecule has 0 bridgehead atoms. The number of nitrogens with zero attached hydrogens (tertiary/aromatic N) is 1. The standard InChI is InChI=1S/C8H16N2O3S/c11-14(12)6-1-8(7-14)9-10-2-4-13-5-3-10/h8-9H,1-7H2. The zero-order valence-corrected chi connectivity index (χ0v) is 8.92. The van der Waals surface area contributed by atoms with E-state index in [1.54, 1.807) is 0 Å². The number of nitrogens with one attached hydrogen (secondary N) is 1. The molecule has 2 heterocycles. The van der Waals surface area contributed by atoms with Gasteiger partial charge in [-0.15, -0.1) is 0 Å². The van der Waals surface area contributed by atoms with Crippen LogP contribution in [0.25, 0.3) is 0 Å². The van der Waals surface area contributed by atoms with Crippen molar-refractivity contribution in [1.82, 2.24) is 10.4 Å². The molecular formula is C8H16N2O3S. The number of ether oxygens (including phenoxy) is 1. The summed E-state index contributed by atoms with van der Waals surface area (Å²) in [6.45, 7) is 3.14. The average molecular weight is 220 g/mol. The molecule has 2 fully saturated rings. The van der Waals surface area contributed by atoms with Gasteiger partial charge in [0.15, 0.2) is 9.84 Å². The molecule has 0 aromatic carbocycles. The number of hydrogen-bond donors (Lipinski definition) is 1. The molecule has 1 unspecified atom stereocenters. The first-order chi connectivity index (χ1) is 6.66. The summed E-state index contributed by atoms with van der Waals surface area (Å²) in [4.78, 5) is 0. The number of rotatable bonds is 2. The zero-order chi connectivity index (χ0) is 10.0. The first-order valence-electron chi connectivity index (χ1n) is 4.95. The Morgan fingerprint density at radius 1 is 1.29 bits per heavy atom. The molecule has 6 heteroatoms. The Balaban J connectivity index is 1.80. The van der Waals surface area contributed by atoms with Crippen LogP contribution in [0.3, 0.4) is 0 Å². The topological polar surface area (TPSA) is 58.6 Å². The molecule has 5 nitrogen and oxygen atoms in total. The largest absolute Gasteiger partial charge is 0.379 e. The van der Waals surface area contributed by atoms with Crippen molar-refractivity contribution >= 4 is 9.84 Å². The number of hydrazine groups is 1. The molecular weight excluding hydrogens is 204 g/mol. The normalized spacial score (nSPS) is 33.3. The molecule has 2 saturated heterocycles. The minimum atomic E-state index is -2.77. The third-order valence-electron chi connectivity index (χ3n) is 2.61. The van der Waals surface area contributed by atoms with E-state index in [0.717, 1.165) is 32.7 Å². The third kappa shape index (κ3) is 2.66. The molecule has 0 aromatic heterocycles. The lowest BCUT2D eigenvalue weighted by molar-refractivity contribution is 0.00564. The monoisotopic (exact) mass is 220 g/mol. The van der Waals surface area contributed by atoms with E-state index in [1.165, 1.54) is 0 Å². The predicted molar refractivity (Wildman–Crippen MR) is 52.6 cm³/mol. The van der Waals surface area contributed by atoms with Gasteiger partial charge in [-0.2, -0.15) is 0 Å². The summed E-state index contributed by atoms with van der Waals surface area (Å²) < 4.78 is 27.6. The van der Waals surface area contributed by atoms with Crippen LogP contribution in [0.5, 0.6) is 0 Å². The van der Waals surface area contributed by atoms with Crippen molar-refractivity contribution in [2.45, 2.75) is 12.5 Å². The molecule has 14 heavy (non-hydrogen) atoms. The maximum absolute atomic E-state index is 11.2. The van der Waals surface area contributed by atoms with Crippen LogP contribution in [0.15, 0.2) is 0 Å². The fraction of sp³-hybridized carbons (Fsp3) is 1.00. The fourth-order valence-corrected chi connectivity index (χ4v) is 3.51. The Kier molecular flexibility index (Phi) is 3.06. The van der Waals surface area contributed by atoms with E-state index in [2.05, 4.69) is 10.4 Å². The fourth-order valence-electron chi connectivity index (χ4n) is 1.85. The van der Waals surface area contributed by atoms with Gasteiger partial charge in [0, 0.05) is 19.1 Å². The van der Waals surface area contributed by atoms with Gasteiger partial charge in [-0.05, 0) is 6.42 Å². The van der Waals surface area contributed by atoms with Gasteiger partial charge in [-0.3, -0.25) is 5.43 Å². The van der Waals surface area contributed by atoms with Gasteiger partial charge in [-0.1, -0.05) is 0 Å². The van der Waals surface area contributed by atoms with Gasteiger partial charge in [-0.25, -0.2) is 13.4 Å². The van der Waals surface area contributed by atoms with Crippen LogP contribution in [0.4, 0.5) is 0 Å². The van der Waals surface area contributed by atoms with Crippen LogP contribution < -0.4 is 5.43 Å². The van der Waals surface area contributed by atoms with Crippen molar-refractivity contribution in [3.63, 3.8) is 0 Å². The lowest BCUT2D eigenvalue weighted by Crippen LogP contribution is -2.50. The minimum Gasteiger partial charge on any atom is -0.379 e. The van der Waals surface area contributed by atoms with E-state index in [4.69, 9.17) is 4.74 Å². The highest BCUT2D eigenvalue weighted by molar-refractivity contribution is 7.91. The first kappa shape index (κ1) is 10.4. The van der Waals surface area contributed by atoms with E-state index in [-0.39, 0.29) is 11.8 Å². The predicted octanol–water partition coefficient (Wildman–Crippen LogP) is -0.990. The Morgan fingerprint density at radius 2 is 2.00 bits per heavy atom. The minimum absolute atomic E-state index is 0.109. The van der Waals surface area contributed by atoms with E-state index < -0.39 is 9.84 Å². The van der Waals surface area contributed by atoms with E-state index in [1.807, 2.05) is 0 Å². The summed E-state index contributed by atoms with van der Waals surface area (Å²) in [7, 11) is -2.77. The van der Waals surface area contributed by atoms with Crippen molar-refractivity contribution in [2.75, 3.05) is 37.8 Å². The summed E-state index contributed by atoms with van der Waals surface area (Å²) in [5.74, 6) is 0.610. The molecule has 82 valence electrons. The van der Waals surface area contributed by atoms with Gasteiger partial charge >= 0.3 is 0 Å². The van der Waals surface area contributed by atoms with E-state index >= 15 is 0 Å². The molecule has 2 rings (SSSR count). The maximum Gasteiger partial charge on any atom is 0.151 e. The molecule has 0 amide bonds. The van der Waals surface area contributed by atoms with Crippen LogP contribution in [-0.2, 0) is 14.6 Å². The maximum atomic E-state index is 11.2. The van der Waals surface area contributed by atoms with Gasteiger partial charge in [0.25, 0.3) is 0 Å². The molecule has 0 saturated carbocycles. The van der Waals surface area contributed by atoms with Crippen LogP contribution >= 0.6 is 0 Å². The second kappa shape index (κ2) is 4.14. The highest BCUT2D eigenvalue weighted by Gasteiger charge is 2.29. The second-order valence-electron chi connectivity index (χ2n) is 3.83. The van der Waals surface area contributed by atoms with Crippen molar-refractivity contribution in [3.05, 3.63) is 0 Å². The van der Waals surface area contributed by atoms with Crippen LogP contribution in [0, 0.1) is 0 Å². The highest BCUT2D eigenvalue weighted by Crippen LogP contribution is 2.11. The quantitative estimate of drug-likeness (QED) is 0.647. The molecule has 1 atom stereocenters. The number of sulfone groups is 1. The molecule has 2 aliphatic heterocycles. The summed E-state index contributed by atoms with van der Waals surface area (Å²) in [5, 5.41) is 2.06. The van der Waals surface area contributed by atoms with Gasteiger partial charge in [0.05, 0.1) is 24.7 Å². The number of morpholine rings is 1. The number of hydrogen-bond acceptors (Lipinski definition) is 5. The van der Waals surface area contributed by atoms with Crippen LogP contribution in [0.1, 0.15) is 6.42 Å². The van der Waals surface area contributed by atoms with Crippen molar-refractivity contribution < 1.29 is 13.2 Å². The van der Waals surface area contributed by atoms with Crippen molar-refractivity contribution in [2.24, 2.45) is 0 Å². The van der Waals surface area contributed by atoms with Gasteiger partial charge < -0.3 is 4.74 Å². The smallest absolute Gasteiger partial charge is 0.151 e. The van der Waals surface area contributed by atoms with Crippen LogP contribution in [0.2, 0.25) is 0 Å². The first-order valence-corrected chi connectivity index (χ1v) is 6.77. The molecule has 0 radical (unpaired) electrons. The average Bonchev–Trinajstić information content (AvgIpc) is 2.47. The summed E-state index contributed by atoms with van der Waals surface area (Å²) in [6, 6.07) is 0.109. The SMILES string of the molecule is O=S1(=O)CCC(NN2CCOCC2)C1.